The molecule has 168 valence electrons. The van der Waals surface area contributed by atoms with Gasteiger partial charge in [0.15, 0.2) is 13.2 Å². The van der Waals surface area contributed by atoms with Crippen molar-refractivity contribution in [3.05, 3.63) is 48.0 Å². The molecule has 0 bridgehead atoms. The van der Waals surface area contributed by atoms with Crippen LogP contribution in [0.25, 0.3) is 0 Å². The first kappa shape index (κ1) is 21.7. The predicted molar refractivity (Wildman–Crippen MR) is 120 cm³/mol. The van der Waals surface area contributed by atoms with E-state index in [1.54, 1.807) is 23.1 Å². The number of likely N-dealkylation sites (tertiary alicyclic amines) is 1. The zero-order valence-corrected chi connectivity index (χ0v) is 18.1. The van der Waals surface area contributed by atoms with Crippen LogP contribution in [0.5, 0.6) is 11.5 Å². The minimum atomic E-state index is -0.329. The van der Waals surface area contributed by atoms with Crippen molar-refractivity contribution in [1.82, 2.24) is 4.90 Å². The van der Waals surface area contributed by atoms with Crippen molar-refractivity contribution in [2.24, 2.45) is 0 Å². The van der Waals surface area contributed by atoms with Crippen molar-refractivity contribution in [2.45, 2.75) is 26.2 Å². The Labute approximate surface area is 187 Å². The Morgan fingerprint density at radius 2 is 1.81 bits per heavy atom. The van der Waals surface area contributed by atoms with Gasteiger partial charge in [0.25, 0.3) is 11.8 Å². The molecule has 8 nitrogen and oxygen atoms in total. The summed E-state index contributed by atoms with van der Waals surface area (Å²) in [6.45, 7) is 3.12. The highest BCUT2D eigenvalue weighted by atomic mass is 16.5. The van der Waals surface area contributed by atoms with Crippen LogP contribution < -0.4 is 19.7 Å². The Kier molecular flexibility index (Phi) is 6.58. The number of anilines is 2. The zero-order chi connectivity index (χ0) is 22.5. The average Bonchev–Trinajstić information content (AvgIpc) is 2.81. The van der Waals surface area contributed by atoms with Gasteiger partial charge in [0.1, 0.15) is 18.0 Å². The summed E-state index contributed by atoms with van der Waals surface area (Å²) in [5.41, 5.74) is 2.08. The first-order valence-corrected chi connectivity index (χ1v) is 10.8. The first-order valence-electron chi connectivity index (χ1n) is 10.8. The number of ether oxygens (including phenoxy) is 2. The zero-order valence-electron chi connectivity index (χ0n) is 18.1. The highest BCUT2D eigenvalue weighted by Crippen LogP contribution is 2.34. The van der Waals surface area contributed by atoms with Crippen molar-refractivity contribution in [3.63, 3.8) is 0 Å². The van der Waals surface area contributed by atoms with E-state index in [0.29, 0.717) is 22.9 Å². The van der Waals surface area contributed by atoms with Crippen LogP contribution in [0.4, 0.5) is 11.4 Å². The number of fused-ring (bicyclic) bond motifs is 1. The lowest BCUT2D eigenvalue weighted by molar-refractivity contribution is -0.132. The van der Waals surface area contributed by atoms with E-state index in [0.717, 1.165) is 37.9 Å². The summed E-state index contributed by atoms with van der Waals surface area (Å²) < 4.78 is 11.0. The molecule has 2 aromatic carbocycles. The van der Waals surface area contributed by atoms with Crippen LogP contribution in [-0.4, -0.2) is 55.5 Å². The third-order valence-electron chi connectivity index (χ3n) is 5.58. The number of nitrogens with zero attached hydrogens (tertiary/aromatic N) is 2. The number of piperidine rings is 1. The van der Waals surface area contributed by atoms with Crippen molar-refractivity contribution in [1.29, 1.82) is 0 Å². The van der Waals surface area contributed by atoms with E-state index in [-0.39, 0.29) is 37.5 Å². The Morgan fingerprint density at radius 1 is 1.06 bits per heavy atom. The largest absolute Gasteiger partial charge is 0.484 e. The van der Waals surface area contributed by atoms with Gasteiger partial charge in [-0.2, -0.15) is 0 Å². The molecule has 0 atom stereocenters. The quantitative estimate of drug-likeness (QED) is 0.751. The number of hydrogen-bond donors (Lipinski definition) is 1. The van der Waals surface area contributed by atoms with Crippen molar-refractivity contribution in [3.8, 4) is 11.5 Å². The molecule has 0 unspecified atom stereocenters. The van der Waals surface area contributed by atoms with Gasteiger partial charge in [-0.3, -0.25) is 19.3 Å². The van der Waals surface area contributed by atoms with E-state index in [1.807, 2.05) is 31.2 Å². The molecule has 32 heavy (non-hydrogen) atoms. The molecule has 3 amide bonds. The fourth-order valence-electron chi connectivity index (χ4n) is 3.81. The molecular formula is C24H27N3O5. The summed E-state index contributed by atoms with van der Waals surface area (Å²) in [5, 5.41) is 2.77. The van der Waals surface area contributed by atoms with Crippen LogP contribution in [0.1, 0.15) is 24.8 Å². The molecule has 2 aliphatic heterocycles. The maximum absolute atomic E-state index is 12.7. The Morgan fingerprint density at radius 3 is 2.56 bits per heavy atom. The van der Waals surface area contributed by atoms with Crippen LogP contribution >= 0.6 is 0 Å². The van der Waals surface area contributed by atoms with Gasteiger partial charge in [0.2, 0.25) is 5.91 Å². The number of carbonyl (C=O) groups excluding carboxylic acids is 3. The molecule has 2 aromatic rings. The van der Waals surface area contributed by atoms with E-state index >= 15 is 0 Å². The third kappa shape index (κ3) is 5.19. The molecule has 0 aliphatic carbocycles. The second-order valence-corrected chi connectivity index (χ2v) is 8.04. The maximum Gasteiger partial charge on any atom is 0.265 e. The number of nitrogens with one attached hydrogen (secondary N) is 1. The van der Waals surface area contributed by atoms with E-state index in [4.69, 9.17) is 9.47 Å². The summed E-state index contributed by atoms with van der Waals surface area (Å²) >= 11 is 0. The molecule has 0 radical (unpaired) electrons. The van der Waals surface area contributed by atoms with Crippen molar-refractivity contribution in [2.75, 3.05) is 43.1 Å². The van der Waals surface area contributed by atoms with Crippen LogP contribution in [0.15, 0.2) is 42.5 Å². The van der Waals surface area contributed by atoms with Crippen LogP contribution in [0, 0.1) is 6.92 Å². The number of hydrogen-bond acceptors (Lipinski definition) is 5. The molecule has 0 saturated carbocycles. The van der Waals surface area contributed by atoms with Gasteiger partial charge in [0.05, 0.1) is 5.69 Å². The van der Waals surface area contributed by atoms with Crippen LogP contribution in [0.2, 0.25) is 0 Å². The molecular weight excluding hydrogens is 410 g/mol. The van der Waals surface area contributed by atoms with E-state index in [2.05, 4.69) is 5.32 Å². The SMILES string of the molecule is Cc1ccc(OCC(=O)Nc2ccc3c(c2)N(CC(=O)N2CCCCC2)C(=O)CO3)cc1. The van der Waals surface area contributed by atoms with Gasteiger partial charge >= 0.3 is 0 Å². The summed E-state index contributed by atoms with van der Waals surface area (Å²) in [4.78, 5) is 40.8. The van der Waals surface area contributed by atoms with Gasteiger partial charge in [0, 0.05) is 18.8 Å². The molecule has 1 N–H and O–H groups in total. The normalized spacial score (nSPS) is 15.6. The maximum atomic E-state index is 12.7. The second-order valence-electron chi connectivity index (χ2n) is 8.04. The standard InChI is InChI=1S/C24H27N3O5/c1-17-5-8-19(9-6-17)31-15-22(28)25-18-7-10-21-20(13-18)27(24(30)16-32-21)14-23(29)26-11-3-2-4-12-26/h5-10,13H,2-4,11-12,14-16H2,1H3,(H,25,28). The van der Waals surface area contributed by atoms with Crippen LogP contribution in [0.3, 0.4) is 0 Å². The third-order valence-corrected chi connectivity index (χ3v) is 5.58. The van der Waals surface area contributed by atoms with Gasteiger partial charge in [-0.05, 0) is 56.5 Å². The number of amides is 3. The minimum absolute atomic E-state index is 0.0386. The molecule has 2 aliphatic rings. The van der Waals surface area contributed by atoms with Gasteiger partial charge < -0.3 is 19.7 Å². The van der Waals surface area contributed by atoms with Gasteiger partial charge in [-0.1, -0.05) is 17.7 Å². The number of carbonyl (C=O) groups is 3. The lowest BCUT2D eigenvalue weighted by Gasteiger charge is -2.33. The van der Waals surface area contributed by atoms with E-state index < -0.39 is 0 Å². The number of aryl methyl sites for hydroxylation is 1. The van der Waals surface area contributed by atoms with Crippen molar-refractivity contribution >= 4 is 29.1 Å². The molecule has 8 heteroatoms. The molecule has 1 fully saturated rings. The lowest BCUT2D eigenvalue weighted by atomic mass is 10.1. The number of rotatable bonds is 6. The molecule has 1 saturated heterocycles. The number of benzene rings is 2. The molecule has 4 rings (SSSR count). The Bertz CT molecular complexity index is 999. The van der Waals surface area contributed by atoms with Crippen molar-refractivity contribution < 1.29 is 23.9 Å². The smallest absolute Gasteiger partial charge is 0.265 e. The summed E-state index contributed by atoms with van der Waals surface area (Å²) in [6, 6.07) is 12.5. The fraction of sp³-hybridized carbons (Fsp3) is 0.375. The van der Waals surface area contributed by atoms with Gasteiger partial charge in [-0.25, -0.2) is 0 Å². The fourth-order valence-corrected chi connectivity index (χ4v) is 3.81. The summed E-state index contributed by atoms with van der Waals surface area (Å²) in [6.07, 6.45) is 3.10. The monoisotopic (exact) mass is 437 g/mol. The molecule has 2 heterocycles. The highest BCUT2D eigenvalue weighted by molar-refractivity contribution is 6.03. The second kappa shape index (κ2) is 9.72. The highest BCUT2D eigenvalue weighted by Gasteiger charge is 2.29. The topological polar surface area (TPSA) is 88.2 Å². The molecule has 0 spiro atoms. The van der Waals surface area contributed by atoms with E-state index in [9.17, 15) is 14.4 Å². The Hall–Kier alpha value is -3.55. The predicted octanol–water partition coefficient (Wildman–Crippen LogP) is 2.75. The van der Waals surface area contributed by atoms with Gasteiger partial charge in [-0.15, -0.1) is 0 Å². The summed E-state index contributed by atoms with van der Waals surface area (Å²) in [5.74, 6) is 0.424. The van der Waals surface area contributed by atoms with Crippen LogP contribution in [-0.2, 0) is 14.4 Å². The first-order chi connectivity index (χ1) is 15.5. The van der Waals surface area contributed by atoms with E-state index in [1.165, 1.54) is 4.90 Å². The Balaban J connectivity index is 1.42. The molecule has 0 aromatic heterocycles. The summed E-state index contributed by atoms with van der Waals surface area (Å²) in [7, 11) is 0. The average molecular weight is 437 g/mol. The minimum Gasteiger partial charge on any atom is -0.484 e. The lowest BCUT2D eigenvalue weighted by Crippen LogP contribution is -2.47.